The van der Waals surface area contributed by atoms with Crippen molar-refractivity contribution in [2.75, 3.05) is 0 Å². The lowest BCUT2D eigenvalue weighted by Gasteiger charge is -2.09. The van der Waals surface area contributed by atoms with Gasteiger partial charge in [-0.2, -0.15) is 5.10 Å². The van der Waals surface area contributed by atoms with Crippen molar-refractivity contribution in [3.05, 3.63) is 69.7 Å². The van der Waals surface area contributed by atoms with Gasteiger partial charge in [-0.15, -0.1) is 11.8 Å². The Morgan fingerprint density at radius 2 is 2.00 bits per heavy atom. The van der Waals surface area contributed by atoms with E-state index in [1.54, 1.807) is 30.0 Å². The average Bonchev–Trinajstić information content (AvgIpc) is 2.55. The second kappa shape index (κ2) is 8.96. The molecule has 1 atom stereocenters. The fraction of sp³-hybridized carbons (Fsp3) is 0.176. The lowest BCUT2D eigenvalue weighted by molar-refractivity contribution is -0.120. The third-order valence-corrected chi connectivity index (χ3v) is 4.83. The lowest BCUT2D eigenvalue weighted by atomic mass is 10.2. The Kier molecular flexibility index (Phi) is 6.96. The molecule has 0 fully saturated rings. The zero-order chi connectivity index (χ0) is 16.7. The summed E-state index contributed by atoms with van der Waals surface area (Å²) in [6.45, 7) is 1.85. The van der Waals surface area contributed by atoms with Crippen molar-refractivity contribution >= 4 is 47.1 Å². The molecule has 0 aliphatic rings. The van der Waals surface area contributed by atoms with Crippen LogP contribution in [-0.4, -0.2) is 17.4 Å². The van der Waals surface area contributed by atoms with Crippen molar-refractivity contribution < 1.29 is 4.79 Å². The minimum Gasteiger partial charge on any atom is -0.272 e. The maximum Gasteiger partial charge on any atom is 0.252 e. The van der Waals surface area contributed by atoms with Crippen LogP contribution in [0, 0.1) is 0 Å². The van der Waals surface area contributed by atoms with Crippen LogP contribution in [0.25, 0.3) is 0 Å². The van der Waals surface area contributed by atoms with Gasteiger partial charge in [0.2, 0.25) is 0 Å². The number of hydrazone groups is 1. The van der Waals surface area contributed by atoms with Crippen LogP contribution in [0.3, 0.4) is 0 Å². The van der Waals surface area contributed by atoms with Crippen LogP contribution in [0.1, 0.15) is 18.1 Å². The van der Waals surface area contributed by atoms with Crippen LogP contribution in [0.2, 0.25) is 10.0 Å². The molecule has 0 saturated carbocycles. The van der Waals surface area contributed by atoms with E-state index in [0.717, 1.165) is 5.75 Å². The molecule has 3 nitrogen and oxygen atoms in total. The van der Waals surface area contributed by atoms with Gasteiger partial charge in [0.05, 0.1) is 16.5 Å². The Hall–Kier alpha value is -1.49. The first-order chi connectivity index (χ1) is 11.1. The number of nitrogens with zero attached hydrogens (tertiary/aromatic N) is 1. The molecule has 6 heteroatoms. The highest BCUT2D eigenvalue weighted by atomic mass is 35.5. The van der Waals surface area contributed by atoms with E-state index < -0.39 is 0 Å². The zero-order valence-corrected chi connectivity index (χ0v) is 14.8. The molecule has 0 spiro atoms. The largest absolute Gasteiger partial charge is 0.272 e. The average molecular weight is 367 g/mol. The first kappa shape index (κ1) is 17.9. The molecule has 0 aromatic heterocycles. The fourth-order valence-corrected chi connectivity index (χ4v) is 3.03. The highest BCUT2D eigenvalue weighted by Crippen LogP contribution is 2.19. The van der Waals surface area contributed by atoms with Crippen LogP contribution in [0.15, 0.2) is 53.6 Å². The van der Waals surface area contributed by atoms with Gasteiger partial charge in [0.15, 0.2) is 0 Å². The number of carbonyl (C=O) groups excluding carboxylic acids is 1. The minimum atomic E-state index is -0.201. The highest BCUT2D eigenvalue weighted by Gasteiger charge is 2.12. The summed E-state index contributed by atoms with van der Waals surface area (Å²) in [6, 6.07) is 15.1. The molecule has 1 N–H and O–H groups in total. The summed E-state index contributed by atoms with van der Waals surface area (Å²) < 4.78 is 0. The molecule has 0 unspecified atom stereocenters. The van der Waals surface area contributed by atoms with E-state index in [2.05, 4.69) is 10.5 Å². The number of rotatable bonds is 6. The van der Waals surface area contributed by atoms with Crippen molar-refractivity contribution in [1.29, 1.82) is 0 Å². The fourth-order valence-electron chi connectivity index (χ4n) is 1.73. The monoisotopic (exact) mass is 366 g/mol. The van der Waals surface area contributed by atoms with E-state index in [1.165, 1.54) is 11.8 Å². The Balaban J connectivity index is 1.82. The van der Waals surface area contributed by atoms with Gasteiger partial charge in [0, 0.05) is 16.3 Å². The number of halogens is 2. The molecule has 120 valence electrons. The van der Waals surface area contributed by atoms with Crippen molar-refractivity contribution in [3.8, 4) is 0 Å². The topological polar surface area (TPSA) is 41.5 Å². The van der Waals surface area contributed by atoms with Gasteiger partial charge in [-0.3, -0.25) is 4.79 Å². The van der Waals surface area contributed by atoms with E-state index in [1.807, 2.05) is 37.3 Å². The van der Waals surface area contributed by atoms with Crippen LogP contribution in [0.5, 0.6) is 0 Å². The highest BCUT2D eigenvalue weighted by molar-refractivity contribution is 7.99. The zero-order valence-electron chi connectivity index (χ0n) is 12.5. The summed E-state index contributed by atoms with van der Waals surface area (Å²) in [5, 5.41) is 4.79. The predicted molar refractivity (Wildman–Crippen MR) is 99.4 cm³/mol. The number of hydrogen-bond acceptors (Lipinski definition) is 3. The molecular weight excluding hydrogens is 351 g/mol. The Bertz CT molecular complexity index is 692. The number of amides is 1. The number of benzene rings is 2. The molecule has 0 bridgehead atoms. The molecule has 0 radical (unpaired) electrons. The molecule has 0 heterocycles. The van der Waals surface area contributed by atoms with Crippen LogP contribution in [0.4, 0.5) is 0 Å². The van der Waals surface area contributed by atoms with Gasteiger partial charge in [-0.1, -0.05) is 59.6 Å². The molecule has 0 aliphatic heterocycles. The van der Waals surface area contributed by atoms with E-state index >= 15 is 0 Å². The van der Waals surface area contributed by atoms with Crippen molar-refractivity contribution in [2.45, 2.75) is 17.9 Å². The van der Waals surface area contributed by atoms with Crippen molar-refractivity contribution in [3.63, 3.8) is 0 Å². The number of nitrogens with one attached hydrogen (secondary N) is 1. The van der Waals surface area contributed by atoms with Crippen LogP contribution >= 0.6 is 35.0 Å². The maximum atomic E-state index is 12.0. The van der Waals surface area contributed by atoms with Gasteiger partial charge in [-0.05, 0) is 24.6 Å². The van der Waals surface area contributed by atoms with Gasteiger partial charge >= 0.3 is 0 Å². The number of hydrogen-bond donors (Lipinski definition) is 1. The Labute approximate surface area is 150 Å². The van der Waals surface area contributed by atoms with Gasteiger partial charge in [-0.25, -0.2) is 5.43 Å². The van der Waals surface area contributed by atoms with Gasteiger partial charge < -0.3 is 0 Å². The Morgan fingerprint density at radius 3 is 2.70 bits per heavy atom. The third-order valence-electron chi connectivity index (χ3n) is 3.05. The summed E-state index contributed by atoms with van der Waals surface area (Å²) in [5.41, 5.74) is 4.41. The van der Waals surface area contributed by atoms with Crippen LogP contribution in [-0.2, 0) is 10.5 Å². The predicted octanol–water partition coefficient (Wildman–Crippen LogP) is 4.77. The number of carbonyl (C=O) groups is 1. The maximum absolute atomic E-state index is 12.0. The molecule has 2 aromatic carbocycles. The SMILES string of the molecule is C[C@@H](SCc1ccccc1)C(=O)N/N=C\c1ccc(Cl)cc1Cl. The molecular formula is C17H16Cl2N2OS. The van der Waals surface area contributed by atoms with Gasteiger partial charge in [0.1, 0.15) is 0 Å². The molecule has 23 heavy (non-hydrogen) atoms. The summed E-state index contributed by atoms with van der Waals surface area (Å²) in [4.78, 5) is 12.0. The molecule has 0 aliphatic carbocycles. The quantitative estimate of drug-likeness (QED) is 0.591. The van der Waals surface area contributed by atoms with Crippen LogP contribution < -0.4 is 5.43 Å². The number of thioether (sulfide) groups is 1. The molecule has 2 rings (SSSR count). The third kappa shape index (κ3) is 5.90. The van der Waals surface area contributed by atoms with E-state index in [-0.39, 0.29) is 11.2 Å². The molecule has 0 saturated heterocycles. The molecule has 2 aromatic rings. The summed E-state index contributed by atoms with van der Waals surface area (Å²) >= 11 is 13.4. The van der Waals surface area contributed by atoms with E-state index in [0.29, 0.717) is 15.6 Å². The summed E-state index contributed by atoms with van der Waals surface area (Å²) in [6.07, 6.45) is 1.51. The van der Waals surface area contributed by atoms with E-state index in [9.17, 15) is 4.79 Å². The first-order valence-electron chi connectivity index (χ1n) is 7.00. The minimum absolute atomic E-state index is 0.146. The second-order valence-electron chi connectivity index (χ2n) is 4.84. The molecule has 1 amide bonds. The smallest absolute Gasteiger partial charge is 0.252 e. The van der Waals surface area contributed by atoms with E-state index in [4.69, 9.17) is 23.2 Å². The van der Waals surface area contributed by atoms with Crippen molar-refractivity contribution in [2.24, 2.45) is 5.10 Å². The van der Waals surface area contributed by atoms with Gasteiger partial charge in [0.25, 0.3) is 5.91 Å². The second-order valence-corrected chi connectivity index (χ2v) is 7.01. The summed E-state index contributed by atoms with van der Waals surface area (Å²) in [7, 11) is 0. The summed E-state index contributed by atoms with van der Waals surface area (Å²) in [5.74, 6) is 0.634. The van der Waals surface area contributed by atoms with Crippen molar-refractivity contribution in [1.82, 2.24) is 5.43 Å². The standard InChI is InChI=1S/C17H16Cl2N2OS/c1-12(23-11-13-5-3-2-4-6-13)17(22)21-20-10-14-7-8-15(18)9-16(14)19/h2-10,12H,11H2,1H3,(H,21,22)/b20-10-/t12-/m1/s1. The normalized spacial score (nSPS) is 12.3. The Morgan fingerprint density at radius 1 is 1.26 bits per heavy atom. The lowest BCUT2D eigenvalue weighted by Crippen LogP contribution is -2.27. The first-order valence-corrected chi connectivity index (χ1v) is 8.80.